The summed E-state index contributed by atoms with van der Waals surface area (Å²) in [5.74, 6) is -0.707. The van der Waals surface area contributed by atoms with Gasteiger partial charge < -0.3 is 20.4 Å². The first-order valence-corrected chi connectivity index (χ1v) is 7.82. The summed E-state index contributed by atoms with van der Waals surface area (Å²) < 4.78 is 20.5. The normalized spacial score (nSPS) is 11.7. The highest BCUT2D eigenvalue weighted by Crippen LogP contribution is 2.33. The number of aryl methyl sites for hydroxylation is 1. The Kier molecular flexibility index (Phi) is 8.20. The Balaban J connectivity index is 0.00000288. The Hall–Kier alpha value is -1.61. The highest BCUT2D eigenvalue weighted by molar-refractivity contribution is 7.99. The topological polar surface area (TPSA) is 82.2 Å². The number of ether oxygens (including phenoxy) is 1. The number of aromatic nitrogens is 2. The van der Waals surface area contributed by atoms with Crippen molar-refractivity contribution < 1.29 is 13.9 Å². The standard InChI is InChI=1S/C15H19FN4O2S.ClH/c1-20-6-5-18-15(20)23-13-4-3-10(16)7-12(13)19-14(21)8-11(9-17)22-2;/h3-7,11H,8-9,17H2,1-2H3,(H,19,21);1H. The molecule has 0 radical (unpaired) electrons. The first kappa shape index (κ1) is 20.4. The lowest BCUT2D eigenvalue weighted by Gasteiger charge is -2.14. The fourth-order valence-corrected chi connectivity index (χ4v) is 2.78. The molecule has 9 heteroatoms. The first-order valence-electron chi connectivity index (χ1n) is 7.01. The number of nitrogens with one attached hydrogen (secondary N) is 1. The van der Waals surface area contributed by atoms with E-state index in [0.29, 0.717) is 10.6 Å². The number of carbonyl (C=O) groups excluding carboxylic acids is 1. The second-order valence-corrected chi connectivity index (χ2v) is 5.92. The Bertz CT molecular complexity index is 679. The van der Waals surface area contributed by atoms with E-state index in [1.807, 2.05) is 17.8 Å². The van der Waals surface area contributed by atoms with Gasteiger partial charge in [0.15, 0.2) is 5.16 Å². The van der Waals surface area contributed by atoms with E-state index in [-0.39, 0.29) is 37.4 Å². The second kappa shape index (κ2) is 9.63. The fourth-order valence-electron chi connectivity index (χ4n) is 1.91. The number of rotatable bonds is 7. The molecule has 1 aromatic heterocycles. The molecule has 0 aliphatic carbocycles. The van der Waals surface area contributed by atoms with Crippen LogP contribution in [0.25, 0.3) is 0 Å². The summed E-state index contributed by atoms with van der Waals surface area (Å²) in [6.45, 7) is 0.238. The van der Waals surface area contributed by atoms with Crippen LogP contribution >= 0.6 is 24.2 Å². The smallest absolute Gasteiger partial charge is 0.227 e. The molecule has 0 aliphatic heterocycles. The predicted octanol–water partition coefficient (Wildman–Crippen LogP) is 2.43. The van der Waals surface area contributed by atoms with E-state index in [1.165, 1.54) is 31.0 Å². The summed E-state index contributed by atoms with van der Waals surface area (Å²) in [7, 11) is 3.36. The van der Waals surface area contributed by atoms with Crippen molar-refractivity contribution in [3.8, 4) is 0 Å². The van der Waals surface area contributed by atoms with Crippen LogP contribution in [0.3, 0.4) is 0 Å². The van der Waals surface area contributed by atoms with Gasteiger partial charge in [-0.05, 0) is 30.0 Å². The number of hydrogen-bond acceptors (Lipinski definition) is 5. The van der Waals surface area contributed by atoms with Gasteiger partial charge in [-0.25, -0.2) is 9.37 Å². The average molecular weight is 375 g/mol. The molecule has 2 rings (SSSR count). The zero-order chi connectivity index (χ0) is 16.8. The molecule has 1 amide bonds. The highest BCUT2D eigenvalue weighted by Gasteiger charge is 2.15. The van der Waals surface area contributed by atoms with Gasteiger partial charge in [0.05, 0.1) is 18.2 Å². The van der Waals surface area contributed by atoms with Crippen LogP contribution in [-0.4, -0.2) is 35.2 Å². The molecule has 0 saturated heterocycles. The monoisotopic (exact) mass is 374 g/mol. The minimum Gasteiger partial charge on any atom is -0.380 e. The molecule has 0 spiro atoms. The van der Waals surface area contributed by atoms with E-state index < -0.39 is 5.82 Å². The van der Waals surface area contributed by atoms with Crippen LogP contribution in [0.5, 0.6) is 0 Å². The predicted molar refractivity (Wildman–Crippen MR) is 94.1 cm³/mol. The molecular weight excluding hydrogens is 355 g/mol. The lowest BCUT2D eigenvalue weighted by molar-refractivity contribution is -0.118. The summed E-state index contributed by atoms with van der Waals surface area (Å²) in [6, 6.07) is 4.24. The van der Waals surface area contributed by atoms with E-state index in [1.54, 1.807) is 12.3 Å². The number of halogens is 2. The summed E-state index contributed by atoms with van der Waals surface area (Å²) in [5, 5.41) is 3.45. The van der Waals surface area contributed by atoms with Gasteiger partial charge in [-0.15, -0.1) is 12.4 Å². The van der Waals surface area contributed by atoms with Gasteiger partial charge in [0.1, 0.15) is 5.82 Å². The molecule has 1 atom stereocenters. The Morgan fingerprint density at radius 1 is 1.54 bits per heavy atom. The SMILES string of the molecule is COC(CN)CC(=O)Nc1cc(F)ccc1Sc1nccn1C.Cl. The molecule has 1 unspecified atom stereocenters. The van der Waals surface area contributed by atoms with Crippen molar-refractivity contribution in [2.45, 2.75) is 22.6 Å². The lowest BCUT2D eigenvalue weighted by atomic mass is 10.2. The van der Waals surface area contributed by atoms with E-state index in [0.717, 1.165) is 5.16 Å². The first-order chi connectivity index (χ1) is 11.0. The van der Waals surface area contributed by atoms with Gasteiger partial charge in [-0.3, -0.25) is 4.79 Å². The van der Waals surface area contributed by atoms with Crippen LogP contribution in [0, 0.1) is 5.82 Å². The average Bonchev–Trinajstić information content (AvgIpc) is 2.92. The number of imidazole rings is 1. The third-order valence-corrected chi connectivity index (χ3v) is 4.36. The van der Waals surface area contributed by atoms with E-state index >= 15 is 0 Å². The van der Waals surface area contributed by atoms with Crippen molar-refractivity contribution in [2.24, 2.45) is 12.8 Å². The van der Waals surface area contributed by atoms with E-state index in [9.17, 15) is 9.18 Å². The largest absolute Gasteiger partial charge is 0.380 e. The number of nitrogens with two attached hydrogens (primary N) is 1. The number of nitrogens with zero attached hydrogens (tertiary/aromatic N) is 2. The van der Waals surface area contributed by atoms with E-state index in [4.69, 9.17) is 10.5 Å². The number of methoxy groups -OCH3 is 1. The number of benzene rings is 1. The molecule has 2 aromatic rings. The van der Waals surface area contributed by atoms with Gasteiger partial charge in [0, 0.05) is 38.0 Å². The molecule has 132 valence electrons. The molecule has 0 saturated carbocycles. The molecule has 1 heterocycles. The second-order valence-electron chi connectivity index (χ2n) is 4.91. The van der Waals surface area contributed by atoms with Crippen molar-refractivity contribution in [3.05, 3.63) is 36.4 Å². The molecule has 0 bridgehead atoms. The van der Waals surface area contributed by atoms with Crippen molar-refractivity contribution in [2.75, 3.05) is 19.0 Å². The zero-order valence-electron chi connectivity index (χ0n) is 13.4. The van der Waals surface area contributed by atoms with Crippen LogP contribution in [0.15, 0.2) is 40.6 Å². The number of carbonyl (C=O) groups is 1. The molecule has 6 nitrogen and oxygen atoms in total. The van der Waals surface area contributed by atoms with Crippen LogP contribution in [0.4, 0.5) is 10.1 Å². The molecule has 3 N–H and O–H groups in total. The lowest BCUT2D eigenvalue weighted by Crippen LogP contribution is -2.28. The number of amides is 1. The molecule has 1 aromatic carbocycles. The van der Waals surface area contributed by atoms with Gasteiger partial charge in [0.25, 0.3) is 0 Å². The molecule has 0 fully saturated rings. The zero-order valence-corrected chi connectivity index (χ0v) is 15.0. The van der Waals surface area contributed by atoms with Crippen molar-refractivity contribution in [1.29, 1.82) is 0 Å². The van der Waals surface area contributed by atoms with Crippen LogP contribution in [0.1, 0.15) is 6.42 Å². The maximum atomic E-state index is 13.5. The maximum Gasteiger partial charge on any atom is 0.227 e. The van der Waals surface area contributed by atoms with Gasteiger partial charge in [-0.2, -0.15) is 0 Å². The Morgan fingerprint density at radius 2 is 2.29 bits per heavy atom. The van der Waals surface area contributed by atoms with Gasteiger partial charge in [0.2, 0.25) is 5.91 Å². The minimum atomic E-state index is -0.424. The minimum absolute atomic E-state index is 0. The number of anilines is 1. The highest BCUT2D eigenvalue weighted by atomic mass is 35.5. The van der Waals surface area contributed by atoms with Crippen molar-refractivity contribution in [3.63, 3.8) is 0 Å². The Labute approximate surface area is 150 Å². The molecule has 0 aliphatic rings. The van der Waals surface area contributed by atoms with Crippen LogP contribution < -0.4 is 11.1 Å². The summed E-state index contributed by atoms with van der Waals surface area (Å²) in [5.41, 5.74) is 5.90. The Morgan fingerprint density at radius 3 is 2.88 bits per heavy atom. The molecular formula is C15H20ClFN4O2S. The molecule has 24 heavy (non-hydrogen) atoms. The van der Waals surface area contributed by atoms with Gasteiger partial charge in [-0.1, -0.05) is 0 Å². The third kappa shape index (κ3) is 5.48. The summed E-state index contributed by atoms with van der Waals surface area (Å²) in [6.07, 6.45) is 3.23. The summed E-state index contributed by atoms with van der Waals surface area (Å²) in [4.78, 5) is 17.0. The van der Waals surface area contributed by atoms with E-state index in [2.05, 4.69) is 10.3 Å². The quantitative estimate of drug-likeness (QED) is 0.777. The van der Waals surface area contributed by atoms with Crippen LogP contribution in [0.2, 0.25) is 0 Å². The summed E-state index contributed by atoms with van der Waals surface area (Å²) >= 11 is 1.34. The maximum absolute atomic E-state index is 13.5. The van der Waals surface area contributed by atoms with Gasteiger partial charge >= 0.3 is 0 Å². The van der Waals surface area contributed by atoms with Crippen molar-refractivity contribution >= 4 is 35.8 Å². The third-order valence-electron chi connectivity index (χ3n) is 3.20. The number of hydrogen-bond donors (Lipinski definition) is 2. The fraction of sp³-hybridized carbons (Fsp3) is 0.333. The van der Waals surface area contributed by atoms with Crippen LogP contribution in [-0.2, 0) is 16.6 Å². The van der Waals surface area contributed by atoms with Crippen molar-refractivity contribution in [1.82, 2.24) is 9.55 Å².